The first-order valence-electron chi connectivity index (χ1n) is 9.11. The number of carbonyl (C=O) groups is 1. The number of carbonyl (C=O) groups excluding carboxylic acids is 1. The zero-order valence-corrected chi connectivity index (χ0v) is 15.7. The molecular weight excluding hydrogens is 358 g/mol. The second kappa shape index (κ2) is 9.57. The standard InChI is InChI=1S/C21H23N3O4/c1-2-22-21(26)24(12-13-25)28-19-8-5-7-18(14-19)27-15-17-11-10-16-6-3-4-9-20(16)23-17/h3-11,14,25H,2,12-13,15H2,1H3,(H,22,26). The van der Waals surface area contributed by atoms with Crippen molar-refractivity contribution in [3.63, 3.8) is 0 Å². The third-order valence-electron chi connectivity index (χ3n) is 3.92. The summed E-state index contributed by atoms with van der Waals surface area (Å²) in [6, 6.07) is 18.4. The first-order valence-corrected chi connectivity index (χ1v) is 9.11. The lowest BCUT2D eigenvalue weighted by molar-refractivity contribution is -0.0234. The van der Waals surface area contributed by atoms with Gasteiger partial charge in [-0.2, -0.15) is 5.06 Å². The SMILES string of the molecule is CCNC(=O)N(CCO)Oc1cccc(OCc2ccc3ccccc3n2)c1. The third kappa shape index (κ3) is 5.11. The number of aliphatic hydroxyl groups is 1. The minimum atomic E-state index is -0.414. The normalized spacial score (nSPS) is 10.5. The van der Waals surface area contributed by atoms with Crippen LogP contribution in [-0.4, -0.2) is 40.9 Å². The predicted molar refractivity (Wildman–Crippen MR) is 106 cm³/mol. The first kappa shape index (κ1) is 19.4. The fourth-order valence-corrected chi connectivity index (χ4v) is 2.61. The fraction of sp³-hybridized carbons (Fsp3) is 0.238. The number of fused-ring (bicyclic) bond motifs is 1. The van der Waals surface area contributed by atoms with Crippen molar-refractivity contribution >= 4 is 16.9 Å². The number of pyridine rings is 1. The highest BCUT2D eigenvalue weighted by Gasteiger charge is 2.14. The summed E-state index contributed by atoms with van der Waals surface area (Å²) in [5, 5.41) is 13.9. The number of ether oxygens (including phenoxy) is 1. The quantitative estimate of drug-likeness (QED) is 0.586. The monoisotopic (exact) mass is 381 g/mol. The lowest BCUT2D eigenvalue weighted by atomic mass is 10.2. The van der Waals surface area contributed by atoms with Crippen molar-refractivity contribution in [2.45, 2.75) is 13.5 Å². The van der Waals surface area contributed by atoms with E-state index in [9.17, 15) is 4.79 Å². The molecule has 2 aromatic carbocycles. The van der Waals surface area contributed by atoms with Crippen molar-refractivity contribution in [3.05, 3.63) is 66.4 Å². The van der Waals surface area contributed by atoms with E-state index in [4.69, 9.17) is 14.7 Å². The molecule has 0 aliphatic carbocycles. The summed E-state index contributed by atoms with van der Waals surface area (Å²) >= 11 is 0. The number of benzene rings is 2. The minimum Gasteiger partial charge on any atom is -0.487 e. The smallest absolute Gasteiger partial charge is 0.350 e. The minimum absolute atomic E-state index is 0.0535. The molecule has 0 atom stereocenters. The highest BCUT2D eigenvalue weighted by atomic mass is 16.7. The van der Waals surface area contributed by atoms with E-state index >= 15 is 0 Å². The van der Waals surface area contributed by atoms with Gasteiger partial charge in [0.15, 0.2) is 5.75 Å². The van der Waals surface area contributed by atoms with Crippen molar-refractivity contribution in [1.82, 2.24) is 15.4 Å². The van der Waals surface area contributed by atoms with E-state index in [2.05, 4.69) is 10.3 Å². The van der Waals surface area contributed by atoms with E-state index in [1.54, 1.807) is 24.3 Å². The molecule has 1 heterocycles. The highest BCUT2D eigenvalue weighted by Crippen LogP contribution is 2.21. The van der Waals surface area contributed by atoms with Gasteiger partial charge in [0, 0.05) is 18.0 Å². The molecule has 0 aliphatic heterocycles. The number of hydrogen-bond acceptors (Lipinski definition) is 5. The van der Waals surface area contributed by atoms with Crippen LogP contribution in [0.3, 0.4) is 0 Å². The molecule has 0 saturated heterocycles. The van der Waals surface area contributed by atoms with Crippen molar-refractivity contribution in [2.75, 3.05) is 19.7 Å². The molecule has 28 heavy (non-hydrogen) atoms. The molecule has 2 amide bonds. The number of rotatable bonds is 8. The van der Waals surface area contributed by atoms with Crippen LogP contribution in [0.25, 0.3) is 10.9 Å². The highest BCUT2D eigenvalue weighted by molar-refractivity contribution is 5.78. The molecule has 3 rings (SSSR count). The van der Waals surface area contributed by atoms with Crippen LogP contribution in [-0.2, 0) is 6.61 Å². The van der Waals surface area contributed by atoms with Crippen LogP contribution < -0.4 is 14.9 Å². The molecule has 146 valence electrons. The van der Waals surface area contributed by atoms with Gasteiger partial charge in [-0.05, 0) is 31.2 Å². The van der Waals surface area contributed by atoms with E-state index in [1.807, 2.05) is 43.3 Å². The van der Waals surface area contributed by atoms with Gasteiger partial charge in [-0.3, -0.25) is 0 Å². The number of para-hydroxylation sites is 1. The number of hydroxylamine groups is 2. The Bertz CT molecular complexity index is 932. The molecule has 0 saturated carbocycles. The zero-order chi connectivity index (χ0) is 19.8. The number of urea groups is 1. The average Bonchev–Trinajstić information content (AvgIpc) is 2.72. The van der Waals surface area contributed by atoms with Crippen molar-refractivity contribution in [3.8, 4) is 11.5 Å². The summed E-state index contributed by atoms with van der Waals surface area (Å²) < 4.78 is 5.82. The molecule has 2 N–H and O–H groups in total. The lowest BCUT2D eigenvalue weighted by Crippen LogP contribution is -2.43. The maximum atomic E-state index is 12.0. The topological polar surface area (TPSA) is 83.9 Å². The van der Waals surface area contributed by atoms with E-state index in [1.165, 1.54) is 0 Å². The van der Waals surface area contributed by atoms with Gasteiger partial charge in [0.1, 0.15) is 12.4 Å². The molecule has 0 spiro atoms. The molecule has 7 heteroatoms. The van der Waals surface area contributed by atoms with Gasteiger partial charge in [-0.1, -0.05) is 30.3 Å². The Balaban J connectivity index is 1.65. The Morgan fingerprint density at radius 3 is 2.75 bits per heavy atom. The van der Waals surface area contributed by atoms with Crippen LogP contribution in [0.1, 0.15) is 12.6 Å². The Morgan fingerprint density at radius 1 is 1.11 bits per heavy atom. The summed E-state index contributed by atoms with van der Waals surface area (Å²) in [6.07, 6.45) is 0. The van der Waals surface area contributed by atoms with E-state index in [0.29, 0.717) is 24.7 Å². The molecule has 0 aliphatic rings. The van der Waals surface area contributed by atoms with Crippen LogP contribution in [0.2, 0.25) is 0 Å². The predicted octanol–water partition coefficient (Wildman–Crippen LogP) is 3.13. The largest absolute Gasteiger partial charge is 0.487 e. The van der Waals surface area contributed by atoms with Crippen LogP contribution in [0, 0.1) is 0 Å². The van der Waals surface area contributed by atoms with E-state index in [-0.39, 0.29) is 13.2 Å². The maximum absolute atomic E-state index is 12.0. The van der Waals surface area contributed by atoms with Gasteiger partial charge in [0.2, 0.25) is 0 Å². The number of nitrogens with one attached hydrogen (secondary N) is 1. The lowest BCUT2D eigenvalue weighted by Gasteiger charge is -2.21. The zero-order valence-electron chi connectivity index (χ0n) is 15.7. The maximum Gasteiger partial charge on any atom is 0.350 e. The summed E-state index contributed by atoms with van der Waals surface area (Å²) in [7, 11) is 0. The van der Waals surface area contributed by atoms with Crippen LogP contribution in [0.15, 0.2) is 60.7 Å². The van der Waals surface area contributed by atoms with Crippen molar-refractivity contribution < 1.29 is 19.5 Å². The second-order valence-electron chi connectivity index (χ2n) is 6.01. The number of aromatic nitrogens is 1. The molecular formula is C21H23N3O4. The van der Waals surface area contributed by atoms with Crippen LogP contribution in [0.5, 0.6) is 11.5 Å². The number of aliphatic hydroxyl groups excluding tert-OH is 1. The van der Waals surface area contributed by atoms with Crippen molar-refractivity contribution in [1.29, 1.82) is 0 Å². The Hall–Kier alpha value is -3.32. The van der Waals surface area contributed by atoms with Crippen LogP contribution in [0.4, 0.5) is 4.79 Å². The summed E-state index contributed by atoms with van der Waals surface area (Å²) in [5.74, 6) is 1.02. The van der Waals surface area contributed by atoms with E-state index in [0.717, 1.165) is 21.7 Å². The Morgan fingerprint density at radius 2 is 1.93 bits per heavy atom. The molecule has 0 radical (unpaired) electrons. The summed E-state index contributed by atoms with van der Waals surface area (Å²) in [4.78, 5) is 22.1. The fourth-order valence-electron chi connectivity index (χ4n) is 2.61. The second-order valence-corrected chi connectivity index (χ2v) is 6.01. The summed E-state index contributed by atoms with van der Waals surface area (Å²) in [5.41, 5.74) is 1.73. The van der Waals surface area contributed by atoms with Gasteiger partial charge in [0.05, 0.1) is 24.4 Å². The molecule has 3 aromatic rings. The Labute approximate surface area is 163 Å². The molecule has 0 fully saturated rings. The summed E-state index contributed by atoms with van der Waals surface area (Å²) in [6.45, 7) is 2.43. The number of nitrogens with zero attached hydrogens (tertiary/aromatic N) is 2. The van der Waals surface area contributed by atoms with E-state index < -0.39 is 6.03 Å². The van der Waals surface area contributed by atoms with Gasteiger partial charge in [0.25, 0.3) is 0 Å². The van der Waals surface area contributed by atoms with Gasteiger partial charge >= 0.3 is 6.03 Å². The Kier molecular flexibility index (Phi) is 6.64. The molecule has 1 aromatic heterocycles. The van der Waals surface area contributed by atoms with Gasteiger partial charge in [-0.15, -0.1) is 0 Å². The molecule has 0 bridgehead atoms. The number of amides is 2. The average molecular weight is 381 g/mol. The number of hydrogen-bond donors (Lipinski definition) is 2. The molecule has 7 nitrogen and oxygen atoms in total. The van der Waals surface area contributed by atoms with Gasteiger partial charge < -0.3 is 20.0 Å². The van der Waals surface area contributed by atoms with Crippen LogP contribution >= 0.6 is 0 Å². The third-order valence-corrected chi connectivity index (χ3v) is 3.92. The molecule has 0 unspecified atom stereocenters. The first-order chi connectivity index (χ1) is 13.7. The van der Waals surface area contributed by atoms with Crippen molar-refractivity contribution in [2.24, 2.45) is 0 Å². The van der Waals surface area contributed by atoms with Gasteiger partial charge in [-0.25, -0.2) is 9.78 Å².